The Balaban J connectivity index is 1.81. The molecule has 2 atom stereocenters. The largest absolute Gasteiger partial charge is 0.371 e. The van der Waals surface area contributed by atoms with Crippen LogP contribution in [0.25, 0.3) is 0 Å². The number of nitrogens with zero attached hydrogens (tertiary/aromatic N) is 2. The second-order valence-electron chi connectivity index (χ2n) is 5.97. The van der Waals surface area contributed by atoms with Gasteiger partial charge < -0.3 is 9.72 Å². The molecule has 1 aromatic heterocycles. The second kappa shape index (κ2) is 6.78. The Morgan fingerprint density at radius 1 is 1.38 bits per heavy atom. The molecule has 2 heterocycles. The summed E-state index contributed by atoms with van der Waals surface area (Å²) in [6.45, 7) is 5.18. The molecule has 1 aromatic carbocycles. The predicted octanol–water partition coefficient (Wildman–Crippen LogP) is 2.49. The van der Waals surface area contributed by atoms with Crippen molar-refractivity contribution in [1.29, 1.82) is 0 Å². The lowest BCUT2D eigenvalue weighted by molar-refractivity contribution is -0.0457. The molecule has 2 aromatic rings. The van der Waals surface area contributed by atoms with Crippen molar-refractivity contribution in [3.8, 4) is 0 Å². The highest BCUT2D eigenvalue weighted by Crippen LogP contribution is 2.29. The van der Waals surface area contributed by atoms with E-state index in [4.69, 9.17) is 4.74 Å². The second-order valence-corrected chi connectivity index (χ2v) is 5.97. The third-order valence-corrected chi connectivity index (χ3v) is 4.24. The summed E-state index contributed by atoms with van der Waals surface area (Å²) in [6, 6.07) is 4.79. The summed E-state index contributed by atoms with van der Waals surface area (Å²) in [5, 5.41) is 0. The van der Waals surface area contributed by atoms with E-state index in [1.165, 1.54) is 18.2 Å². The van der Waals surface area contributed by atoms with E-state index in [0.717, 1.165) is 6.07 Å². The molecule has 3 rings (SSSR count). The molecule has 0 amide bonds. The number of nitrogens with one attached hydrogen (secondary N) is 1. The van der Waals surface area contributed by atoms with Gasteiger partial charge in [0, 0.05) is 36.5 Å². The molecule has 0 saturated carbocycles. The summed E-state index contributed by atoms with van der Waals surface area (Å²) in [5.74, 6) is -0.657. The third-order valence-electron chi connectivity index (χ3n) is 4.24. The van der Waals surface area contributed by atoms with Crippen molar-refractivity contribution in [2.75, 3.05) is 19.7 Å². The molecule has 0 radical (unpaired) electrons. The summed E-state index contributed by atoms with van der Waals surface area (Å²) in [6.07, 6.45) is -0.488. The molecule has 1 N–H and O–H groups in total. The Kier molecular flexibility index (Phi) is 4.73. The first-order valence-corrected chi connectivity index (χ1v) is 7.82. The Hall–Kier alpha value is -2.12. The van der Waals surface area contributed by atoms with E-state index in [-0.39, 0.29) is 11.6 Å². The molecule has 128 valence electrons. The van der Waals surface area contributed by atoms with Crippen molar-refractivity contribution in [2.45, 2.75) is 26.0 Å². The van der Waals surface area contributed by atoms with Crippen LogP contribution < -0.4 is 5.56 Å². The lowest BCUT2D eigenvalue weighted by Crippen LogP contribution is -2.41. The molecule has 0 unspecified atom stereocenters. The molecule has 24 heavy (non-hydrogen) atoms. The molecule has 0 aliphatic carbocycles. The van der Waals surface area contributed by atoms with Crippen molar-refractivity contribution in [2.24, 2.45) is 0 Å². The topological polar surface area (TPSA) is 58.2 Å². The van der Waals surface area contributed by atoms with Crippen LogP contribution in [0.5, 0.6) is 0 Å². The van der Waals surface area contributed by atoms with Gasteiger partial charge in [-0.1, -0.05) is 6.07 Å². The van der Waals surface area contributed by atoms with Crippen molar-refractivity contribution >= 4 is 0 Å². The number of aryl methyl sites for hydroxylation is 1. The number of hydrogen-bond donors (Lipinski definition) is 1. The van der Waals surface area contributed by atoms with E-state index in [1.54, 1.807) is 6.92 Å². The highest BCUT2D eigenvalue weighted by atomic mass is 19.1. The van der Waals surface area contributed by atoms with Crippen molar-refractivity contribution in [1.82, 2.24) is 14.9 Å². The Labute approximate surface area is 138 Å². The Morgan fingerprint density at radius 3 is 2.88 bits per heavy atom. The van der Waals surface area contributed by atoms with Crippen molar-refractivity contribution in [3.05, 3.63) is 63.3 Å². The number of ether oxygens (including phenoxy) is 1. The van der Waals surface area contributed by atoms with Gasteiger partial charge in [0.15, 0.2) is 0 Å². The van der Waals surface area contributed by atoms with Gasteiger partial charge in [-0.25, -0.2) is 13.8 Å². The van der Waals surface area contributed by atoms with Gasteiger partial charge in [0.25, 0.3) is 5.56 Å². The lowest BCUT2D eigenvalue weighted by atomic mass is 10.1. The van der Waals surface area contributed by atoms with Crippen LogP contribution in [0.1, 0.15) is 36.2 Å². The van der Waals surface area contributed by atoms with Gasteiger partial charge >= 0.3 is 0 Å². The first kappa shape index (κ1) is 16.7. The minimum atomic E-state index is -0.614. The molecule has 1 fully saturated rings. The van der Waals surface area contributed by atoms with Gasteiger partial charge in [-0.2, -0.15) is 0 Å². The summed E-state index contributed by atoms with van der Waals surface area (Å²) in [7, 11) is 0. The number of morpholine rings is 1. The lowest BCUT2D eigenvalue weighted by Gasteiger charge is -2.36. The first-order valence-electron chi connectivity index (χ1n) is 7.82. The smallest absolute Gasteiger partial charge is 0.251 e. The van der Waals surface area contributed by atoms with Crippen LogP contribution in [-0.2, 0) is 4.74 Å². The summed E-state index contributed by atoms with van der Waals surface area (Å²) < 4.78 is 32.7. The number of H-pyrrole nitrogens is 1. The number of rotatable bonds is 3. The molecule has 0 spiro atoms. The zero-order chi connectivity index (χ0) is 17.3. The number of aromatic nitrogens is 2. The SMILES string of the molecule is Cc1cc(=O)[nH]c([C@@H](C)N2CCO[C@H](c3ccc(F)cc3F)C2)n1. The van der Waals surface area contributed by atoms with E-state index in [9.17, 15) is 13.6 Å². The molecule has 5 nitrogen and oxygen atoms in total. The number of benzene rings is 1. The zero-order valence-corrected chi connectivity index (χ0v) is 13.6. The molecule has 1 aliphatic heterocycles. The number of halogens is 2. The molecule has 1 aliphatic rings. The fraction of sp³-hybridized carbons (Fsp3) is 0.412. The maximum Gasteiger partial charge on any atom is 0.251 e. The van der Waals surface area contributed by atoms with Crippen molar-refractivity contribution in [3.63, 3.8) is 0 Å². The minimum Gasteiger partial charge on any atom is -0.371 e. The fourth-order valence-electron chi connectivity index (χ4n) is 2.94. The van der Waals surface area contributed by atoms with E-state index in [0.29, 0.717) is 36.8 Å². The van der Waals surface area contributed by atoms with Crippen LogP contribution in [-0.4, -0.2) is 34.6 Å². The van der Waals surface area contributed by atoms with Crippen LogP contribution in [0, 0.1) is 18.6 Å². The Bertz CT molecular complexity index is 794. The highest BCUT2D eigenvalue weighted by molar-refractivity contribution is 5.22. The van der Waals surface area contributed by atoms with Gasteiger partial charge in [0.1, 0.15) is 17.5 Å². The molecule has 0 bridgehead atoms. The third kappa shape index (κ3) is 3.52. The van der Waals surface area contributed by atoms with Gasteiger partial charge in [0.05, 0.1) is 18.8 Å². The monoisotopic (exact) mass is 335 g/mol. The molecule has 7 heteroatoms. The van der Waals surface area contributed by atoms with Gasteiger partial charge in [0.2, 0.25) is 0 Å². The van der Waals surface area contributed by atoms with E-state index in [1.807, 2.05) is 6.92 Å². The summed E-state index contributed by atoms with van der Waals surface area (Å²) in [4.78, 5) is 20.8. The highest BCUT2D eigenvalue weighted by Gasteiger charge is 2.28. The molecular formula is C17H19F2N3O2. The maximum absolute atomic E-state index is 14.0. The molecule has 1 saturated heterocycles. The fourth-order valence-corrected chi connectivity index (χ4v) is 2.94. The average molecular weight is 335 g/mol. The van der Waals surface area contributed by atoms with E-state index < -0.39 is 17.7 Å². The Morgan fingerprint density at radius 2 is 2.17 bits per heavy atom. The van der Waals surface area contributed by atoms with Crippen LogP contribution in [0.2, 0.25) is 0 Å². The quantitative estimate of drug-likeness (QED) is 0.936. The normalized spacial score (nSPS) is 20.1. The van der Waals surface area contributed by atoms with Crippen LogP contribution in [0.3, 0.4) is 0 Å². The molecular weight excluding hydrogens is 316 g/mol. The van der Waals surface area contributed by atoms with Gasteiger partial charge in [-0.05, 0) is 19.9 Å². The minimum absolute atomic E-state index is 0.146. The average Bonchev–Trinajstić information content (AvgIpc) is 2.53. The standard InChI is InChI=1S/C17H19F2N3O2/c1-10-7-16(23)21-17(20-10)11(2)22-5-6-24-15(9-22)13-4-3-12(18)8-14(13)19/h3-4,7-8,11,15H,5-6,9H2,1-2H3,(H,20,21,23)/t11-,15+/m1/s1. The summed E-state index contributed by atoms with van der Waals surface area (Å²) in [5.41, 5.74) is 0.785. The van der Waals surface area contributed by atoms with Crippen molar-refractivity contribution < 1.29 is 13.5 Å². The van der Waals surface area contributed by atoms with Crippen LogP contribution in [0.15, 0.2) is 29.1 Å². The summed E-state index contributed by atoms with van der Waals surface area (Å²) >= 11 is 0. The maximum atomic E-state index is 14.0. The van der Waals surface area contributed by atoms with E-state index in [2.05, 4.69) is 14.9 Å². The van der Waals surface area contributed by atoms with Crippen LogP contribution in [0.4, 0.5) is 8.78 Å². The predicted molar refractivity (Wildman–Crippen MR) is 84.6 cm³/mol. The number of hydrogen-bond acceptors (Lipinski definition) is 4. The van der Waals surface area contributed by atoms with Gasteiger partial charge in [-0.15, -0.1) is 0 Å². The van der Waals surface area contributed by atoms with E-state index >= 15 is 0 Å². The first-order chi connectivity index (χ1) is 11.4. The zero-order valence-electron chi connectivity index (χ0n) is 13.6. The number of aromatic amines is 1. The van der Waals surface area contributed by atoms with Gasteiger partial charge in [-0.3, -0.25) is 9.69 Å². The van der Waals surface area contributed by atoms with Crippen LogP contribution >= 0.6 is 0 Å².